The van der Waals surface area contributed by atoms with Gasteiger partial charge in [-0.3, -0.25) is 9.59 Å². The second-order valence-electron chi connectivity index (χ2n) is 5.73. The number of nitrogens with zero attached hydrogens (tertiary/aromatic N) is 1. The van der Waals surface area contributed by atoms with E-state index in [1.807, 2.05) is 39.0 Å². The minimum Gasteiger partial charge on any atom is -0.372 e. The predicted octanol–water partition coefficient (Wildman–Crippen LogP) is 2.55. The molecule has 0 heterocycles. The van der Waals surface area contributed by atoms with Crippen LogP contribution in [0.5, 0.6) is 0 Å². The maximum Gasteiger partial charge on any atom is 0.313 e. The lowest BCUT2D eigenvalue weighted by molar-refractivity contribution is -0.136. The molecule has 0 atom stereocenters. The van der Waals surface area contributed by atoms with Crippen molar-refractivity contribution in [3.05, 3.63) is 23.8 Å². The number of benzene rings is 1. The highest BCUT2D eigenvalue weighted by Crippen LogP contribution is 2.22. The third kappa shape index (κ3) is 5.06. The van der Waals surface area contributed by atoms with Gasteiger partial charge in [-0.05, 0) is 50.5 Å². The molecule has 0 saturated carbocycles. The number of amides is 2. The first kappa shape index (κ1) is 18.0. The molecule has 2 amide bonds. The molecule has 0 unspecified atom stereocenters. The number of hydrogen-bond acceptors (Lipinski definition) is 3. The standard InChI is InChI=1S/C17H27N3O2/c1-6-20(7-2)14-8-9-15(13(5)10-14)19-17(22)16(21)18-11-12(3)4/h8-10,12H,6-7,11H2,1-5H3,(H,18,21)(H,19,22). The molecule has 0 saturated heterocycles. The molecule has 0 aliphatic rings. The van der Waals surface area contributed by atoms with E-state index < -0.39 is 11.8 Å². The zero-order valence-electron chi connectivity index (χ0n) is 14.2. The van der Waals surface area contributed by atoms with Gasteiger partial charge in [-0.2, -0.15) is 0 Å². The third-order valence-electron chi connectivity index (χ3n) is 3.46. The Kier molecular flexibility index (Phi) is 6.89. The summed E-state index contributed by atoms with van der Waals surface area (Å²) in [7, 11) is 0. The maximum absolute atomic E-state index is 11.9. The number of anilines is 2. The Morgan fingerprint density at radius 2 is 1.77 bits per heavy atom. The Morgan fingerprint density at radius 3 is 2.27 bits per heavy atom. The molecule has 0 bridgehead atoms. The molecule has 5 heteroatoms. The highest BCUT2D eigenvalue weighted by atomic mass is 16.2. The quantitative estimate of drug-likeness (QED) is 0.794. The van der Waals surface area contributed by atoms with Crippen molar-refractivity contribution in [2.75, 3.05) is 29.9 Å². The fraction of sp³-hybridized carbons (Fsp3) is 0.529. The number of rotatable bonds is 6. The van der Waals surface area contributed by atoms with Gasteiger partial charge >= 0.3 is 11.8 Å². The Bertz CT molecular complexity index is 523. The van der Waals surface area contributed by atoms with E-state index in [1.54, 1.807) is 0 Å². The Hall–Kier alpha value is -2.04. The van der Waals surface area contributed by atoms with Gasteiger partial charge in [-0.15, -0.1) is 0 Å². The smallest absolute Gasteiger partial charge is 0.313 e. The highest BCUT2D eigenvalue weighted by Gasteiger charge is 2.15. The van der Waals surface area contributed by atoms with Gasteiger partial charge in [0.2, 0.25) is 0 Å². The molecule has 0 aliphatic heterocycles. The van der Waals surface area contributed by atoms with Crippen LogP contribution in [-0.2, 0) is 9.59 Å². The van der Waals surface area contributed by atoms with E-state index in [0.29, 0.717) is 18.2 Å². The number of carbonyl (C=O) groups is 2. The van der Waals surface area contributed by atoms with Crippen LogP contribution in [0.15, 0.2) is 18.2 Å². The first-order chi connectivity index (χ1) is 10.4. The molecule has 1 aromatic carbocycles. The van der Waals surface area contributed by atoms with Crippen LogP contribution in [0.4, 0.5) is 11.4 Å². The van der Waals surface area contributed by atoms with Gasteiger partial charge in [-0.25, -0.2) is 0 Å². The lowest BCUT2D eigenvalue weighted by Gasteiger charge is -2.22. The molecular weight excluding hydrogens is 278 g/mol. The summed E-state index contributed by atoms with van der Waals surface area (Å²) in [5.74, 6) is -0.910. The molecular formula is C17H27N3O2. The molecule has 0 aliphatic carbocycles. The van der Waals surface area contributed by atoms with E-state index in [4.69, 9.17) is 0 Å². The lowest BCUT2D eigenvalue weighted by Crippen LogP contribution is -2.37. The summed E-state index contributed by atoms with van der Waals surface area (Å²) in [6, 6.07) is 5.83. The molecule has 1 rings (SSSR count). The fourth-order valence-corrected chi connectivity index (χ4v) is 2.13. The van der Waals surface area contributed by atoms with Gasteiger partial charge in [0, 0.05) is 31.0 Å². The van der Waals surface area contributed by atoms with Crippen LogP contribution in [0.3, 0.4) is 0 Å². The van der Waals surface area contributed by atoms with E-state index in [-0.39, 0.29) is 0 Å². The summed E-state index contributed by atoms with van der Waals surface area (Å²) >= 11 is 0. The van der Waals surface area contributed by atoms with Crippen molar-refractivity contribution in [3.63, 3.8) is 0 Å². The van der Waals surface area contributed by atoms with Crippen LogP contribution in [0, 0.1) is 12.8 Å². The van der Waals surface area contributed by atoms with Crippen molar-refractivity contribution < 1.29 is 9.59 Å². The van der Waals surface area contributed by atoms with E-state index in [2.05, 4.69) is 29.4 Å². The summed E-state index contributed by atoms with van der Waals surface area (Å²) in [6.07, 6.45) is 0. The summed E-state index contributed by atoms with van der Waals surface area (Å²) < 4.78 is 0. The SMILES string of the molecule is CCN(CC)c1ccc(NC(=O)C(=O)NCC(C)C)c(C)c1. The number of aryl methyl sites for hydroxylation is 1. The van der Waals surface area contributed by atoms with Gasteiger partial charge in [0.25, 0.3) is 0 Å². The third-order valence-corrected chi connectivity index (χ3v) is 3.46. The maximum atomic E-state index is 11.9. The molecule has 22 heavy (non-hydrogen) atoms. The van der Waals surface area contributed by atoms with Crippen molar-refractivity contribution in [2.45, 2.75) is 34.6 Å². The lowest BCUT2D eigenvalue weighted by atomic mass is 10.1. The van der Waals surface area contributed by atoms with Crippen LogP contribution in [0.1, 0.15) is 33.3 Å². The minimum absolute atomic E-state index is 0.312. The summed E-state index contributed by atoms with van der Waals surface area (Å²) in [4.78, 5) is 25.8. The monoisotopic (exact) mass is 305 g/mol. The Balaban J connectivity index is 2.74. The van der Waals surface area contributed by atoms with Crippen LogP contribution in [0.2, 0.25) is 0 Å². The van der Waals surface area contributed by atoms with Gasteiger partial charge in [0.1, 0.15) is 0 Å². The van der Waals surface area contributed by atoms with E-state index >= 15 is 0 Å². The van der Waals surface area contributed by atoms with Crippen LogP contribution < -0.4 is 15.5 Å². The molecule has 0 aromatic heterocycles. The van der Waals surface area contributed by atoms with Crippen LogP contribution in [-0.4, -0.2) is 31.4 Å². The second kappa shape index (κ2) is 8.41. The average molecular weight is 305 g/mol. The molecule has 5 nitrogen and oxygen atoms in total. The zero-order valence-corrected chi connectivity index (χ0v) is 14.2. The van der Waals surface area contributed by atoms with E-state index in [0.717, 1.165) is 24.3 Å². The Labute approximate surface area is 133 Å². The first-order valence-corrected chi connectivity index (χ1v) is 7.83. The van der Waals surface area contributed by atoms with E-state index in [1.165, 1.54) is 0 Å². The average Bonchev–Trinajstić information content (AvgIpc) is 2.48. The molecule has 0 spiro atoms. The van der Waals surface area contributed by atoms with Crippen LogP contribution in [0.25, 0.3) is 0 Å². The molecule has 0 radical (unpaired) electrons. The number of carbonyl (C=O) groups excluding carboxylic acids is 2. The van der Waals surface area contributed by atoms with Crippen molar-refractivity contribution in [2.24, 2.45) is 5.92 Å². The summed E-state index contributed by atoms with van der Waals surface area (Å²) in [5.41, 5.74) is 2.72. The minimum atomic E-state index is -0.626. The molecule has 0 fully saturated rings. The van der Waals surface area contributed by atoms with Gasteiger partial charge in [0.05, 0.1) is 0 Å². The van der Waals surface area contributed by atoms with Gasteiger partial charge in [0.15, 0.2) is 0 Å². The van der Waals surface area contributed by atoms with E-state index in [9.17, 15) is 9.59 Å². The van der Waals surface area contributed by atoms with Gasteiger partial charge < -0.3 is 15.5 Å². The predicted molar refractivity (Wildman–Crippen MR) is 91.2 cm³/mol. The molecule has 122 valence electrons. The van der Waals surface area contributed by atoms with Crippen LogP contribution >= 0.6 is 0 Å². The summed E-state index contributed by atoms with van der Waals surface area (Å²) in [6.45, 7) is 12.4. The summed E-state index contributed by atoms with van der Waals surface area (Å²) in [5, 5.41) is 5.28. The van der Waals surface area contributed by atoms with Crippen molar-refractivity contribution in [1.29, 1.82) is 0 Å². The topological polar surface area (TPSA) is 61.4 Å². The highest BCUT2D eigenvalue weighted by molar-refractivity contribution is 6.39. The Morgan fingerprint density at radius 1 is 1.14 bits per heavy atom. The largest absolute Gasteiger partial charge is 0.372 e. The normalized spacial score (nSPS) is 10.5. The molecule has 1 aromatic rings. The van der Waals surface area contributed by atoms with Crippen molar-refractivity contribution in [1.82, 2.24) is 5.32 Å². The van der Waals surface area contributed by atoms with Crippen molar-refractivity contribution in [3.8, 4) is 0 Å². The molecule has 2 N–H and O–H groups in total. The first-order valence-electron chi connectivity index (χ1n) is 7.83. The number of hydrogen-bond donors (Lipinski definition) is 2. The van der Waals surface area contributed by atoms with Gasteiger partial charge in [-0.1, -0.05) is 13.8 Å². The van der Waals surface area contributed by atoms with Crippen molar-refractivity contribution >= 4 is 23.2 Å². The number of nitrogens with one attached hydrogen (secondary N) is 2. The zero-order chi connectivity index (χ0) is 16.7. The second-order valence-corrected chi connectivity index (χ2v) is 5.73. The fourth-order valence-electron chi connectivity index (χ4n) is 2.13.